The van der Waals surface area contributed by atoms with E-state index in [1.54, 1.807) is 0 Å². The molecule has 0 aromatic carbocycles. The average Bonchev–Trinajstić information content (AvgIpc) is 3.07. The number of amides is 2. The number of hydrogen-bond donors (Lipinski definition) is 1. The molecule has 4 aliphatic rings. The minimum absolute atomic E-state index is 0.0298. The fourth-order valence-electron chi connectivity index (χ4n) is 4.85. The van der Waals surface area contributed by atoms with E-state index >= 15 is 0 Å². The Hall–Kier alpha value is -1.06. The Balaban J connectivity index is 1.54. The monoisotopic (exact) mass is 290 g/mol. The summed E-state index contributed by atoms with van der Waals surface area (Å²) in [6, 6.07) is -0.246. The fourth-order valence-corrected chi connectivity index (χ4v) is 4.85. The van der Waals surface area contributed by atoms with Gasteiger partial charge in [0.05, 0.1) is 0 Å². The Morgan fingerprint density at radius 2 is 1.81 bits per heavy atom. The quantitative estimate of drug-likeness (QED) is 0.863. The van der Waals surface area contributed by atoms with Gasteiger partial charge in [0.25, 0.3) is 0 Å². The maximum Gasteiger partial charge on any atom is 0.246 e. The Bertz CT molecular complexity index is 483. The number of rotatable bonds is 3. The first-order valence-electron chi connectivity index (χ1n) is 8.59. The number of nitrogens with zero attached hydrogens (tertiary/aromatic N) is 1. The lowest BCUT2D eigenvalue weighted by atomic mass is 9.85. The molecule has 4 nitrogen and oxygen atoms in total. The molecule has 1 aliphatic heterocycles. The molecule has 116 valence electrons. The van der Waals surface area contributed by atoms with E-state index in [0.29, 0.717) is 11.8 Å². The van der Waals surface area contributed by atoms with Gasteiger partial charge in [0, 0.05) is 6.54 Å². The molecule has 0 aromatic rings. The predicted octanol–water partition coefficient (Wildman–Crippen LogP) is 1.94. The highest BCUT2D eigenvalue weighted by Crippen LogP contribution is 2.49. The van der Waals surface area contributed by atoms with E-state index in [1.165, 1.54) is 25.7 Å². The molecule has 3 saturated carbocycles. The number of fused-ring (bicyclic) bond motifs is 2. The number of hydrogen-bond acceptors (Lipinski definition) is 2. The summed E-state index contributed by atoms with van der Waals surface area (Å²) in [6.07, 6.45) is 7.49. The lowest BCUT2D eigenvalue weighted by molar-refractivity contribution is -0.157. The number of carbonyl (C=O) groups excluding carboxylic acids is 2. The van der Waals surface area contributed by atoms with E-state index in [0.717, 1.165) is 31.2 Å². The van der Waals surface area contributed by atoms with Gasteiger partial charge in [0.1, 0.15) is 11.6 Å². The van der Waals surface area contributed by atoms with Crippen molar-refractivity contribution in [3.8, 4) is 0 Å². The maximum atomic E-state index is 12.9. The van der Waals surface area contributed by atoms with Gasteiger partial charge in [-0.1, -0.05) is 6.42 Å². The van der Waals surface area contributed by atoms with E-state index < -0.39 is 5.54 Å². The molecule has 21 heavy (non-hydrogen) atoms. The second-order valence-corrected chi connectivity index (χ2v) is 8.23. The molecule has 1 N–H and O–H groups in total. The van der Waals surface area contributed by atoms with Gasteiger partial charge < -0.3 is 10.2 Å². The van der Waals surface area contributed by atoms with Crippen LogP contribution >= 0.6 is 0 Å². The first-order valence-corrected chi connectivity index (χ1v) is 8.59. The smallest absolute Gasteiger partial charge is 0.246 e. The summed E-state index contributed by atoms with van der Waals surface area (Å²) in [5.74, 6) is 2.89. The minimum atomic E-state index is -0.690. The largest absolute Gasteiger partial charge is 0.342 e. The molecule has 4 fully saturated rings. The van der Waals surface area contributed by atoms with Crippen molar-refractivity contribution in [1.29, 1.82) is 0 Å². The minimum Gasteiger partial charge on any atom is -0.342 e. The van der Waals surface area contributed by atoms with Gasteiger partial charge in [0.15, 0.2) is 0 Å². The van der Waals surface area contributed by atoms with E-state index in [-0.39, 0.29) is 17.9 Å². The third-order valence-electron chi connectivity index (χ3n) is 6.44. The molecular weight excluding hydrogens is 264 g/mol. The van der Waals surface area contributed by atoms with Crippen LogP contribution in [0.5, 0.6) is 0 Å². The molecule has 3 aliphatic carbocycles. The molecule has 1 heterocycles. The molecule has 0 radical (unpaired) electrons. The molecule has 2 amide bonds. The van der Waals surface area contributed by atoms with Crippen LogP contribution in [0.4, 0.5) is 0 Å². The molecule has 2 bridgehead atoms. The Morgan fingerprint density at radius 3 is 2.38 bits per heavy atom. The lowest BCUT2D eigenvalue weighted by Gasteiger charge is -2.46. The van der Waals surface area contributed by atoms with Gasteiger partial charge in [-0.25, -0.2) is 0 Å². The molecule has 4 atom stereocenters. The summed E-state index contributed by atoms with van der Waals surface area (Å²) in [5.41, 5.74) is -0.690. The van der Waals surface area contributed by atoms with Gasteiger partial charge in [-0.3, -0.25) is 9.59 Å². The summed E-state index contributed by atoms with van der Waals surface area (Å²) in [5, 5.41) is 2.98. The van der Waals surface area contributed by atoms with Gasteiger partial charge in [-0.15, -0.1) is 0 Å². The highest BCUT2D eigenvalue weighted by Gasteiger charge is 2.52. The van der Waals surface area contributed by atoms with Crippen molar-refractivity contribution >= 4 is 11.8 Å². The van der Waals surface area contributed by atoms with Gasteiger partial charge in [0.2, 0.25) is 11.8 Å². The highest BCUT2D eigenvalue weighted by atomic mass is 16.2. The van der Waals surface area contributed by atoms with E-state index in [9.17, 15) is 9.59 Å². The molecule has 4 unspecified atom stereocenters. The number of piperazine rings is 1. The molecule has 4 heteroatoms. The SMILES string of the molecule is CC1(C)C(=O)NC(C2CC2)C(=O)N1CC1CC2CCC1C2. The molecule has 4 rings (SSSR count). The van der Waals surface area contributed by atoms with Crippen LogP contribution in [-0.2, 0) is 9.59 Å². The summed E-state index contributed by atoms with van der Waals surface area (Å²) in [6.45, 7) is 4.59. The third-order valence-corrected chi connectivity index (χ3v) is 6.44. The van der Waals surface area contributed by atoms with Crippen molar-refractivity contribution in [2.24, 2.45) is 23.7 Å². The number of nitrogens with one attached hydrogen (secondary N) is 1. The normalized spacial score (nSPS) is 41.5. The van der Waals surface area contributed by atoms with Crippen molar-refractivity contribution in [3.05, 3.63) is 0 Å². The first kappa shape index (κ1) is 13.6. The maximum absolute atomic E-state index is 12.9. The topological polar surface area (TPSA) is 49.4 Å². The standard InChI is InChI=1S/C17H26N2O2/c1-17(2)16(21)18-14(11-5-6-11)15(20)19(17)9-13-8-10-3-4-12(13)7-10/h10-14H,3-9H2,1-2H3,(H,18,21). The number of carbonyl (C=O) groups is 2. The van der Waals surface area contributed by atoms with Crippen LogP contribution in [0.25, 0.3) is 0 Å². The van der Waals surface area contributed by atoms with Gasteiger partial charge >= 0.3 is 0 Å². The van der Waals surface area contributed by atoms with E-state index in [4.69, 9.17) is 0 Å². The van der Waals surface area contributed by atoms with Gasteiger partial charge in [-0.05, 0) is 69.6 Å². The Labute approximate surface area is 126 Å². The van der Waals surface area contributed by atoms with Crippen molar-refractivity contribution in [1.82, 2.24) is 10.2 Å². The zero-order valence-corrected chi connectivity index (χ0v) is 13.1. The van der Waals surface area contributed by atoms with Crippen molar-refractivity contribution < 1.29 is 9.59 Å². The van der Waals surface area contributed by atoms with Gasteiger partial charge in [-0.2, -0.15) is 0 Å². The van der Waals surface area contributed by atoms with Crippen LogP contribution in [0.2, 0.25) is 0 Å². The fraction of sp³-hybridized carbons (Fsp3) is 0.882. The lowest BCUT2D eigenvalue weighted by Crippen LogP contribution is -2.69. The van der Waals surface area contributed by atoms with Crippen LogP contribution < -0.4 is 5.32 Å². The van der Waals surface area contributed by atoms with Crippen molar-refractivity contribution in [3.63, 3.8) is 0 Å². The molecule has 0 spiro atoms. The van der Waals surface area contributed by atoms with Crippen molar-refractivity contribution in [2.75, 3.05) is 6.54 Å². The summed E-state index contributed by atoms with van der Waals surface area (Å²) < 4.78 is 0. The zero-order valence-electron chi connectivity index (χ0n) is 13.1. The first-order chi connectivity index (χ1) is 9.96. The summed E-state index contributed by atoms with van der Waals surface area (Å²) >= 11 is 0. The van der Waals surface area contributed by atoms with Crippen LogP contribution in [0.3, 0.4) is 0 Å². The summed E-state index contributed by atoms with van der Waals surface area (Å²) in [4.78, 5) is 27.2. The Morgan fingerprint density at radius 1 is 1.10 bits per heavy atom. The molecule has 0 aromatic heterocycles. The average molecular weight is 290 g/mol. The highest BCUT2D eigenvalue weighted by molar-refractivity contribution is 5.99. The van der Waals surface area contributed by atoms with Crippen LogP contribution in [0.1, 0.15) is 52.4 Å². The molecular formula is C17H26N2O2. The second-order valence-electron chi connectivity index (χ2n) is 8.23. The zero-order chi connectivity index (χ0) is 14.8. The summed E-state index contributed by atoms with van der Waals surface area (Å²) in [7, 11) is 0. The Kier molecular flexibility index (Phi) is 2.89. The predicted molar refractivity (Wildman–Crippen MR) is 79.4 cm³/mol. The van der Waals surface area contributed by atoms with E-state index in [1.807, 2.05) is 18.7 Å². The third kappa shape index (κ3) is 2.09. The second kappa shape index (κ2) is 4.47. The molecule has 1 saturated heterocycles. The van der Waals surface area contributed by atoms with Crippen LogP contribution in [0.15, 0.2) is 0 Å². The van der Waals surface area contributed by atoms with Crippen LogP contribution in [0, 0.1) is 23.7 Å². The van der Waals surface area contributed by atoms with Crippen LogP contribution in [-0.4, -0.2) is 34.8 Å². The van der Waals surface area contributed by atoms with Crippen molar-refractivity contribution in [2.45, 2.75) is 64.0 Å². The van der Waals surface area contributed by atoms with E-state index in [2.05, 4.69) is 5.32 Å².